The zero-order valence-electron chi connectivity index (χ0n) is 10.8. The number of para-hydroxylation sites is 1. The Balaban J connectivity index is 1.80. The van der Waals surface area contributed by atoms with Crippen LogP contribution in [0.1, 0.15) is 36.3 Å². The predicted octanol–water partition coefficient (Wildman–Crippen LogP) is 4.61. The molecular weight excluding hydrogens is 230 g/mol. The maximum atomic E-state index is 4.91. The summed E-state index contributed by atoms with van der Waals surface area (Å²) in [5.74, 6) is 0.484. The van der Waals surface area contributed by atoms with Crippen molar-refractivity contribution in [2.75, 3.05) is 0 Å². The van der Waals surface area contributed by atoms with Crippen LogP contribution in [-0.4, -0.2) is 0 Å². The van der Waals surface area contributed by atoms with Crippen LogP contribution in [0.25, 0.3) is 5.57 Å². The number of fused-ring (bicyclic) bond motifs is 2. The second kappa shape index (κ2) is 4.27. The second-order valence-electron chi connectivity index (χ2n) is 5.35. The van der Waals surface area contributed by atoms with E-state index in [4.69, 9.17) is 5.32 Å². The van der Waals surface area contributed by atoms with E-state index in [-0.39, 0.29) is 0 Å². The van der Waals surface area contributed by atoms with Crippen LogP contribution < -0.4 is 5.32 Å². The number of hydrogen-bond donors (Lipinski definition) is 0. The van der Waals surface area contributed by atoms with Crippen LogP contribution in [-0.2, 0) is 0 Å². The van der Waals surface area contributed by atoms with Crippen molar-refractivity contribution in [2.45, 2.75) is 25.2 Å². The van der Waals surface area contributed by atoms with E-state index in [1.54, 1.807) is 0 Å². The SMILES string of the molecule is c1ccc(C2CCCC3=C2[N]c2ccccc23)cc1. The highest BCUT2D eigenvalue weighted by Gasteiger charge is 2.31. The van der Waals surface area contributed by atoms with Gasteiger partial charge in [-0.2, -0.15) is 0 Å². The molecule has 0 spiro atoms. The number of rotatable bonds is 1. The topological polar surface area (TPSA) is 14.1 Å². The van der Waals surface area contributed by atoms with Gasteiger partial charge in [0.05, 0.1) is 11.4 Å². The van der Waals surface area contributed by atoms with Gasteiger partial charge in [0.25, 0.3) is 0 Å². The van der Waals surface area contributed by atoms with E-state index in [9.17, 15) is 0 Å². The average molecular weight is 246 g/mol. The Morgan fingerprint density at radius 3 is 2.58 bits per heavy atom. The molecule has 0 N–H and O–H groups in total. The van der Waals surface area contributed by atoms with Crippen molar-refractivity contribution < 1.29 is 0 Å². The maximum absolute atomic E-state index is 4.91. The van der Waals surface area contributed by atoms with Crippen molar-refractivity contribution in [3.63, 3.8) is 0 Å². The lowest BCUT2D eigenvalue weighted by atomic mass is 9.82. The van der Waals surface area contributed by atoms with Crippen LogP contribution in [0.3, 0.4) is 0 Å². The van der Waals surface area contributed by atoms with Crippen molar-refractivity contribution in [1.29, 1.82) is 0 Å². The number of allylic oxidation sites excluding steroid dienone is 2. The fourth-order valence-corrected chi connectivity index (χ4v) is 3.34. The molecule has 4 rings (SSSR count). The van der Waals surface area contributed by atoms with Crippen LogP contribution in [0, 0.1) is 0 Å². The maximum Gasteiger partial charge on any atom is 0.0709 e. The molecule has 0 fully saturated rings. The van der Waals surface area contributed by atoms with E-state index in [1.807, 2.05) is 0 Å². The van der Waals surface area contributed by atoms with Gasteiger partial charge in [0.1, 0.15) is 0 Å². The molecule has 93 valence electrons. The molecule has 2 aliphatic rings. The quantitative estimate of drug-likeness (QED) is 0.697. The van der Waals surface area contributed by atoms with Gasteiger partial charge in [-0.15, -0.1) is 0 Å². The first-order valence-corrected chi connectivity index (χ1v) is 7.02. The normalized spacial score (nSPS) is 20.7. The summed E-state index contributed by atoms with van der Waals surface area (Å²) in [4.78, 5) is 0. The summed E-state index contributed by atoms with van der Waals surface area (Å²) >= 11 is 0. The summed E-state index contributed by atoms with van der Waals surface area (Å²) in [6.07, 6.45) is 3.67. The molecule has 1 radical (unpaired) electrons. The van der Waals surface area contributed by atoms with Crippen LogP contribution in [0.15, 0.2) is 60.3 Å². The van der Waals surface area contributed by atoms with Gasteiger partial charge in [-0.25, -0.2) is 0 Å². The van der Waals surface area contributed by atoms with Crippen molar-refractivity contribution in [2.24, 2.45) is 0 Å². The molecule has 2 aromatic carbocycles. The van der Waals surface area contributed by atoms with Crippen LogP contribution >= 0.6 is 0 Å². The Bertz CT molecular complexity index is 640. The van der Waals surface area contributed by atoms with Gasteiger partial charge in [-0.05, 0) is 36.5 Å². The van der Waals surface area contributed by atoms with Gasteiger partial charge in [0, 0.05) is 11.5 Å². The zero-order chi connectivity index (χ0) is 12.7. The molecule has 1 heterocycles. The Labute approximate surface area is 114 Å². The van der Waals surface area contributed by atoms with E-state index in [2.05, 4.69) is 54.6 Å². The lowest BCUT2D eigenvalue weighted by Crippen LogP contribution is -2.12. The Morgan fingerprint density at radius 1 is 0.895 bits per heavy atom. The minimum absolute atomic E-state index is 0.484. The predicted molar refractivity (Wildman–Crippen MR) is 78.2 cm³/mol. The van der Waals surface area contributed by atoms with E-state index in [0.717, 1.165) is 5.69 Å². The lowest BCUT2D eigenvalue weighted by molar-refractivity contribution is 0.616. The van der Waals surface area contributed by atoms with E-state index >= 15 is 0 Å². The first-order chi connectivity index (χ1) is 9.43. The molecule has 0 amide bonds. The number of nitrogens with zero attached hydrogens (tertiary/aromatic N) is 1. The highest BCUT2D eigenvalue weighted by atomic mass is 14.9. The molecule has 1 unspecified atom stereocenters. The molecule has 1 atom stereocenters. The third kappa shape index (κ3) is 1.69. The molecular formula is C18H16N. The highest BCUT2D eigenvalue weighted by Crippen LogP contribution is 2.47. The van der Waals surface area contributed by atoms with Crippen LogP contribution in [0.2, 0.25) is 0 Å². The monoisotopic (exact) mass is 246 g/mol. The summed E-state index contributed by atoms with van der Waals surface area (Å²) in [7, 11) is 0. The third-order valence-electron chi connectivity index (χ3n) is 4.23. The summed E-state index contributed by atoms with van der Waals surface area (Å²) in [5.41, 5.74) is 6.73. The third-order valence-corrected chi connectivity index (χ3v) is 4.23. The van der Waals surface area contributed by atoms with Crippen LogP contribution in [0.5, 0.6) is 0 Å². The minimum Gasteiger partial charge on any atom is -0.252 e. The van der Waals surface area contributed by atoms with Gasteiger partial charge in [-0.1, -0.05) is 48.5 Å². The molecule has 0 saturated carbocycles. The molecule has 1 heteroatoms. The van der Waals surface area contributed by atoms with Gasteiger partial charge in [0.15, 0.2) is 0 Å². The zero-order valence-corrected chi connectivity index (χ0v) is 10.8. The molecule has 0 saturated heterocycles. The summed E-state index contributed by atoms with van der Waals surface area (Å²) < 4.78 is 0. The van der Waals surface area contributed by atoms with E-state index in [1.165, 1.54) is 41.7 Å². The van der Waals surface area contributed by atoms with Crippen molar-refractivity contribution in [3.8, 4) is 0 Å². The molecule has 2 aromatic rings. The Hall–Kier alpha value is -2.02. The molecule has 0 aromatic heterocycles. The molecule has 19 heavy (non-hydrogen) atoms. The smallest absolute Gasteiger partial charge is 0.0709 e. The fourth-order valence-electron chi connectivity index (χ4n) is 3.34. The summed E-state index contributed by atoms with van der Waals surface area (Å²) in [6.45, 7) is 0. The van der Waals surface area contributed by atoms with E-state index < -0.39 is 0 Å². The number of benzene rings is 2. The largest absolute Gasteiger partial charge is 0.252 e. The first-order valence-electron chi connectivity index (χ1n) is 7.02. The molecule has 1 nitrogen and oxygen atoms in total. The molecule has 1 aliphatic carbocycles. The van der Waals surface area contributed by atoms with Crippen molar-refractivity contribution in [1.82, 2.24) is 5.32 Å². The van der Waals surface area contributed by atoms with Gasteiger partial charge in [-0.3, -0.25) is 5.32 Å². The molecule has 0 bridgehead atoms. The van der Waals surface area contributed by atoms with Gasteiger partial charge < -0.3 is 0 Å². The van der Waals surface area contributed by atoms with Gasteiger partial charge in [0.2, 0.25) is 0 Å². The van der Waals surface area contributed by atoms with E-state index in [0.29, 0.717) is 5.92 Å². The highest BCUT2D eigenvalue weighted by molar-refractivity contribution is 5.83. The second-order valence-corrected chi connectivity index (χ2v) is 5.35. The van der Waals surface area contributed by atoms with Gasteiger partial charge >= 0.3 is 0 Å². The van der Waals surface area contributed by atoms with Crippen molar-refractivity contribution >= 4 is 11.3 Å². The summed E-state index contributed by atoms with van der Waals surface area (Å²) in [5, 5.41) is 4.91. The Kier molecular flexibility index (Phi) is 2.44. The first kappa shape index (κ1) is 10.9. The standard InChI is InChI=1S/C18H16N/c1-2-7-13(8-3-1)14-10-6-11-16-15-9-4-5-12-17(15)19-18(14)16/h1-5,7-9,12,14H,6,10-11H2. The lowest BCUT2D eigenvalue weighted by Gasteiger charge is -2.24. The van der Waals surface area contributed by atoms with Crippen LogP contribution in [0.4, 0.5) is 5.69 Å². The molecule has 1 aliphatic heterocycles. The fraction of sp³-hybridized carbons (Fsp3) is 0.222. The Morgan fingerprint density at radius 2 is 1.68 bits per heavy atom. The minimum atomic E-state index is 0.484. The van der Waals surface area contributed by atoms with Crippen molar-refractivity contribution in [3.05, 3.63) is 71.4 Å². The average Bonchev–Trinajstić information content (AvgIpc) is 2.87. The number of hydrogen-bond acceptors (Lipinski definition) is 0. The summed E-state index contributed by atoms with van der Waals surface area (Å²) in [6, 6.07) is 19.4.